The van der Waals surface area contributed by atoms with Crippen molar-refractivity contribution in [2.75, 3.05) is 0 Å². The van der Waals surface area contributed by atoms with Crippen LogP contribution in [-0.4, -0.2) is 25.4 Å². The Bertz CT molecular complexity index is 1350. The molecule has 0 atom stereocenters. The van der Waals surface area contributed by atoms with E-state index < -0.39 is 0 Å². The summed E-state index contributed by atoms with van der Waals surface area (Å²) in [6, 6.07) is 14.5. The molecule has 0 N–H and O–H groups in total. The number of ether oxygens (including phenoxy) is 1. The monoisotopic (exact) mass is 448 g/mol. The molecular formula is C25H28N4O4. The van der Waals surface area contributed by atoms with E-state index in [2.05, 4.69) is 17.1 Å². The number of nitrogens with zero attached hydrogens (tertiary/aromatic N) is 4. The largest absolute Gasteiger partial charge is 0.491 e. The molecule has 8 nitrogen and oxygen atoms in total. The van der Waals surface area contributed by atoms with Gasteiger partial charge in [-0.2, -0.15) is 4.98 Å². The van der Waals surface area contributed by atoms with Gasteiger partial charge in [-0.05, 0) is 56.7 Å². The second kappa shape index (κ2) is 9.85. The summed E-state index contributed by atoms with van der Waals surface area (Å²) >= 11 is 0. The lowest BCUT2D eigenvalue weighted by molar-refractivity contribution is 0.242. The normalized spacial score (nSPS) is 11.4. The highest BCUT2D eigenvalue weighted by Gasteiger charge is 2.16. The maximum Gasteiger partial charge on any atom is 0.331 e. The van der Waals surface area contributed by atoms with Crippen molar-refractivity contribution >= 4 is 10.9 Å². The Balaban J connectivity index is 1.66. The Morgan fingerprint density at radius 1 is 1.00 bits per heavy atom. The molecule has 0 saturated carbocycles. The molecule has 2 aromatic heterocycles. The van der Waals surface area contributed by atoms with Crippen LogP contribution in [0, 0.1) is 0 Å². The molecule has 0 aliphatic heterocycles. The van der Waals surface area contributed by atoms with Crippen LogP contribution in [-0.2, 0) is 13.1 Å². The minimum absolute atomic E-state index is 0.0783. The Labute approximate surface area is 191 Å². The lowest BCUT2D eigenvalue weighted by atomic mass is 10.2. The minimum atomic E-state index is -0.371. The van der Waals surface area contributed by atoms with Gasteiger partial charge in [0.25, 0.3) is 5.56 Å². The maximum atomic E-state index is 13.2. The highest BCUT2D eigenvalue weighted by molar-refractivity contribution is 5.77. The Kier molecular flexibility index (Phi) is 6.72. The number of unbranched alkanes of at least 4 members (excludes halogenated alkanes) is 2. The van der Waals surface area contributed by atoms with Crippen molar-refractivity contribution in [1.82, 2.24) is 19.3 Å². The zero-order chi connectivity index (χ0) is 23.4. The number of benzene rings is 2. The average molecular weight is 449 g/mol. The van der Waals surface area contributed by atoms with Crippen molar-refractivity contribution in [3.05, 3.63) is 75.3 Å². The zero-order valence-corrected chi connectivity index (χ0v) is 19.2. The second-order valence-electron chi connectivity index (χ2n) is 8.25. The lowest BCUT2D eigenvalue weighted by Gasteiger charge is -2.12. The zero-order valence-electron chi connectivity index (χ0n) is 19.2. The van der Waals surface area contributed by atoms with E-state index in [1.165, 1.54) is 9.13 Å². The standard InChI is InChI=1S/C25H28N4O4/c1-4-5-8-15-28-24(30)20-9-6-7-10-21(20)29(25(28)31)16-22-26-23(27-33-22)18-11-13-19(14-12-18)32-17(2)3/h6-7,9-14,17H,4-5,8,15-16H2,1-3H3. The fourth-order valence-corrected chi connectivity index (χ4v) is 3.77. The predicted molar refractivity (Wildman–Crippen MR) is 127 cm³/mol. The molecule has 0 amide bonds. The van der Waals surface area contributed by atoms with Gasteiger partial charge in [0, 0.05) is 12.1 Å². The third kappa shape index (κ3) is 4.89. The van der Waals surface area contributed by atoms with Gasteiger partial charge in [0.2, 0.25) is 11.7 Å². The van der Waals surface area contributed by atoms with Gasteiger partial charge in [-0.3, -0.25) is 13.9 Å². The van der Waals surface area contributed by atoms with Crippen molar-refractivity contribution in [2.45, 2.75) is 59.2 Å². The summed E-state index contributed by atoms with van der Waals surface area (Å²) in [5.74, 6) is 1.48. The highest BCUT2D eigenvalue weighted by atomic mass is 16.5. The molecule has 2 aromatic carbocycles. The van der Waals surface area contributed by atoms with E-state index in [4.69, 9.17) is 9.26 Å². The van der Waals surface area contributed by atoms with Crippen LogP contribution in [0.3, 0.4) is 0 Å². The first-order chi connectivity index (χ1) is 16.0. The summed E-state index contributed by atoms with van der Waals surface area (Å²) in [4.78, 5) is 30.6. The molecular weight excluding hydrogens is 420 g/mol. The summed E-state index contributed by atoms with van der Waals surface area (Å²) in [5.41, 5.74) is 0.694. The molecule has 0 spiro atoms. The van der Waals surface area contributed by atoms with Gasteiger partial charge in [-0.15, -0.1) is 0 Å². The van der Waals surface area contributed by atoms with Gasteiger partial charge in [0.15, 0.2) is 0 Å². The molecule has 0 aliphatic rings. The van der Waals surface area contributed by atoms with Crippen molar-refractivity contribution in [3.63, 3.8) is 0 Å². The first kappa shape index (κ1) is 22.5. The number of rotatable bonds is 9. The number of para-hydroxylation sites is 1. The van der Waals surface area contributed by atoms with E-state index in [0.717, 1.165) is 30.6 Å². The predicted octanol–water partition coefficient (Wildman–Crippen LogP) is 4.24. The van der Waals surface area contributed by atoms with E-state index in [1.54, 1.807) is 24.3 Å². The third-order valence-electron chi connectivity index (χ3n) is 5.36. The first-order valence-electron chi connectivity index (χ1n) is 11.3. The molecule has 0 aliphatic carbocycles. The summed E-state index contributed by atoms with van der Waals surface area (Å²) < 4.78 is 14.0. The van der Waals surface area contributed by atoms with Crippen LogP contribution in [0.15, 0.2) is 62.6 Å². The lowest BCUT2D eigenvalue weighted by Crippen LogP contribution is -2.40. The van der Waals surface area contributed by atoms with Crippen LogP contribution in [0.1, 0.15) is 45.9 Å². The third-order valence-corrected chi connectivity index (χ3v) is 5.36. The molecule has 2 heterocycles. The average Bonchev–Trinajstić information content (AvgIpc) is 3.28. The number of hydrogen-bond acceptors (Lipinski definition) is 6. The van der Waals surface area contributed by atoms with Gasteiger partial charge in [0.1, 0.15) is 12.3 Å². The highest BCUT2D eigenvalue weighted by Crippen LogP contribution is 2.21. The van der Waals surface area contributed by atoms with Crippen LogP contribution in [0.5, 0.6) is 5.75 Å². The second-order valence-corrected chi connectivity index (χ2v) is 8.25. The molecule has 0 radical (unpaired) electrons. The van der Waals surface area contributed by atoms with Crippen molar-refractivity contribution < 1.29 is 9.26 Å². The van der Waals surface area contributed by atoms with Crippen LogP contribution in [0.25, 0.3) is 22.3 Å². The van der Waals surface area contributed by atoms with E-state index in [-0.39, 0.29) is 23.9 Å². The van der Waals surface area contributed by atoms with Crippen LogP contribution < -0.4 is 16.0 Å². The molecule has 4 aromatic rings. The molecule has 33 heavy (non-hydrogen) atoms. The van der Waals surface area contributed by atoms with Crippen LogP contribution >= 0.6 is 0 Å². The molecule has 0 saturated heterocycles. The molecule has 0 bridgehead atoms. The quantitative estimate of drug-likeness (QED) is 0.356. The van der Waals surface area contributed by atoms with Gasteiger partial charge in [0.05, 0.1) is 17.0 Å². The van der Waals surface area contributed by atoms with Crippen molar-refractivity contribution in [1.29, 1.82) is 0 Å². The number of fused-ring (bicyclic) bond motifs is 1. The summed E-state index contributed by atoms with van der Waals surface area (Å²) in [6.45, 7) is 6.49. The molecule has 172 valence electrons. The molecule has 0 unspecified atom stereocenters. The fourth-order valence-electron chi connectivity index (χ4n) is 3.77. The van der Waals surface area contributed by atoms with Gasteiger partial charge in [-0.25, -0.2) is 4.79 Å². The van der Waals surface area contributed by atoms with E-state index in [9.17, 15) is 9.59 Å². The number of hydrogen-bond donors (Lipinski definition) is 0. The molecule has 4 rings (SSSR count). The topological polar surface area (TPSA) is 92.2 Å². The van der Waals surface area contributed by atoms with Crippen molar-refractivity contribution in [3.8, 4) is 17.1 Å². The number of aromatic nitrogens is 4. The summed E-state index contributed by atoms with van der Waals surface area (Å²) in [6.07, 6.45) is 2.81. The van der Waals surface area contributed by atoms with Gasteiger partial charge in [-0.1, -0.05) is 37.1 Å². The Morgan fingerprint density at radius 2 is 1.76 bits per heavy atom. The molecule has 0 fully saturated rings. The smallest absolute Gasteiger partial charge is 0.331 e. The van der Waals surface area contributed by atoms with E-state index >= 15 is 0 Å². The van der Waals surface area contributed by atoms with Gasteiger partial charge < -0.3 is 9.26 Å². The Morgan fingerprint density at radius 3 is 2.48 bits per heavy atom. The van der Waals surface area contributed by atoms with Crippen LogP contribution in [0.4, 0.5) is 0 Å². The fraction of sp³-hybridized carbons (Fsp3) is 0.360. The molecule has 8 heteroatoms. The first-order valence-corrected chi connectivity index (χ1v) is 11.3. The van der Waals surface area contributed by atoms with Crippen molar-refractivity contribution in [2.24, 2.45) is 0 Å². The minimum Gasteiger partial charge on any atom is -0.491 e. The van der Waals surface area contributed by atoms with E-state index in [1.807, 2.05) is 38.1 Å². The van der Waals surface area contributed by atoms with Crippen LogP contribution in [0.2, 0.25) is 0 Å². The SMILES string of the molecule is CCCCCn1c(=O)c2ccccc2n(Cc2nc(-c3ccc(OC(C)C)cc3)no2)c1=O. The summed E-state index contributed by atoms with van der Waals surface area (Å²) in [7, 11) is 0. The van der Waals surface area contributed by atoms with Gasteiger partial charge >= 0.3 is 5.69 Å². The Hall–Kier alpha value is -3.68. The maximum absolute atomic E-state index is 13.2. The van der Waals surface area contributed by atoms with E-state index in [0.29, 0.717) is 29.2 Å². The summed E-state index contributed by atoms with van der Waals surface area (Å²) in [5, 5.41) is 4.57.